The molecule has 0 aliphatic carbocycles. The zero-order valence-electron chi connectivity index (χ0n) is 8.74. The highest BCUT2D eigenvalue weighted by Gasteiger charge is 2.09. The second kappa shape index (κ2) is 3.96. The summed E-state index contributed by atoms with van der Waals surface area (Å²) in [6.07, 6.45) is 0. The van der Waals surface area contributed by atoms with Crippen molar-refractivity contribution >= 4 is 27.0 Å². The number of nitrogens with zero attached hydrogens (tertiary/aromatic N) is 1. The van der Waals surface area contributed by atoms with Gasteiger partial charge in [-0.2, -0.15) is 0 Å². The molecule has 4 heteroatoms. The molecule has 0 saturated heterocycles. The third kappa shape index (κ3) is 1.85. The Morgan fingerprint density at radius 1 is 1.12 bits per heavy atom. The highest BCUT2D eigenvalue weighted by Crippen LogP contribution is 2.28. The SMILES string of the molecule is Fc1ccc(Br)c(-c2nc3ccccc3[nH]2)c1. The molecule has 0 aliphatic rings. The van der Waals surface area contributed by atoms with Gasteiger partial charge in [0.25, 0.3) is 0 Å². The zero-order valence-corrected chi connectivity index (χ0v) is 10.3. The first-order valence-electron chi connectivity index (χ1n) is 5.14. The van der Waals surface area contributed by atoms with E-state index in [1.165, 1.54) is 12.1 Å². The van der Waals surface area contributed by atoms with Crippen LogP contribution in [-0.2, 0) is 0 Å². The van der Waals surface area contributed by atoms with E-state index in [1.807, 2.05) is 24.3 Å². The number of benzene rings is 2. The van der Waals surface area contributed by atoms with Crippen LogP contribution in [0.2, 0.25) is 0 Å². The van der Waals surface area contributed by atoms with Crippen LogP contribution in [0.25, 0.3) is 22.4 Å². The Balaban J connectivity index is 2.23. The lowest BCUT2D eigenvalue weighted by molar-refractivity contribution is 0.628. The molecule has 2 aromatic carbocycles. The third-order valence-corrected chi connectivity index (χ3v) is 3.26. The average molecular weight is 291 g/mol. The monoisotopic (exact) mass is 290 g/mol. The van der Waals surface area contributed by atoms with Gasteiger partial charge in [-0.3, -0.25) is 0 Å². The first kappa shape index (κ1) is 10.5. The number of hydrogen-bond acceptors (Lipinski definition) is 1. The maximum Gasteiger partial charge on any atom is 0.139 e. The molecule has 0 fully saturated rings. The van der Waals surface area contributed by atoms with Crippen LogP contribution in [0.1, 0.15) is 0 Å². The zero-order chi connectivity index (χ0) is 11.8. The summed E-state index contributed by atoms with van der Waals surface area (Å²) in [5.74, 6) is 0.390. The number of aromatic nitrogens is 2. The average Bonchev–Trinajstić information content (AvgIpc) is 2.75. The fraction of sp³-hybridized carbons (Fsp3) is 0. The summed E-state index contributed by atoms with van der Waals surface area (Å²) in [5, 5.41) is 0. The number of para-hydroxylation sites is 2. The molecule has 3 rings (SSSR count). The van der Waals surface area contributed by atoms with Crippen LogP contribution < -0.4 is 0 Å². The first-order chi connectivity index (χ1) is 8.24. The first-order valence-corrected chi connectivity index (χ1v) is 5.93. The van der Waals surface area contributed by atoms with Crippen molar-refractivity contribution in [1.29, 1.82) is 0 Å². The molecule has 1 N–H and O–H groups in total. The highest BCUT2D eigenvalue weighted by molar-refractivity contribution is 9.10. The number of nitrogens with one attached hydrogen (secondary N) is 1. The maximum absolute atomic E-state index is 13.2. The van der Waals surface area contributed by atoms with E-state index in [9.17, 15) is 4.39 Å². The quantitative estimate of drug-likeness (QED) is 0.717. The van der Waals surface area contributed by atoms with Crippen LogP contribution in [0.15, 0.2) is 46.9 Å². The minimum atomic E-state index is -0.274. The van der Waals surface area contributed by atoms with Crippen LogP contribution in [0, 0.1) is 5.82 Å². The van der Waals surface area contributed by atoms with Crippen LogP contribution in [0.4, 0.5) is 4.39 Å². The molecule has 0 saturated carbocycles. The summed E-state index contributed by atoms with van der Waals surface area (Å²) < 4.78 is 14.0. The number of hydrogen-bond donors (Lipinski definition) is 1. The Kier molecular flexibility index (Phi) is 2.44. The summed E-state index contributed by atoms with van der Waals surface area (Å²) in [6.45, 7) is 0. The van der Waals surface area contributed by atoms with Crippen molar-refractivity contribution < 1.29 is 4.39 Å². The summed E-state index contributed by atoms with van der Waals surface area (Å²) in [5.41, 5.74) is 2.54. The smallest absolute Gasteiger partial charge is 0.139 e. The van der Waals surface area contributed by atoms with Gasteiger partial charge in [-0.25, -0.2) is 9.37 Å². The lowest BCUT2D eigenvalue weighted by atomic mass is 10.2. The summed E-state index contributed by atoms with van der Waals surface area (Å²) in [4.78, 5) is 7.60. The Morgan fingerprint density at radius 2 is 1.94 bits per heavy atom. The van der Waals surface area contributed by atoms with Gasteiger partial charge in [-0.05, 0) is 30.3 Å². The van der Waals surface area contributed by atoms with Crippen LogP contribution in [-0.4, -0.2) is 9.97 Å². The molecule has 3 aromatic rings. The molecular weight excluding hydrogens is 283 g/mol. The van der Waals surface area contributed by atoms with Gasteiger partial charge in [-0.1, -0.05) is 28.1 Å². The largest absolute Gasteiger partial charge is 0.338 e. The van der Waals surface area contributed by atoms with Gasteiger partial charge in [0.2, 0.25) is 0 Å². The molecule has 17 heavy (non-hydrogen) atoms. The molecule has 84 valence electrons. The van der Waals surface area contributed by atoms with E-state index in [2.05, 4.69) is 25.9 Å². The second-order valence-corrected chi connectivity index (χ2v) is 4.58. The Hall–Kier alpha value is -1.68. The Labute approximate surface area is 106 Å². The standard InChI is InChI=1S/C13H8BrFN2/c14-10-6-5-8(15)7-9(10)13-16-11-3-1-2-4-12(11)17-13/h1-7H,(H,16,17). The van der Waals surface area contributed by atoms with Gasteiger partial charge in [0.05, 0.1) is 11.0 Å². The van der Waals surface area contributed by atoms with Gasteiger partial charge in [0.15, 0.2) is 0 Å². The highest BCUT2D eigenvalue weighted by atomic mass is 79.9. The number of imidazole rings is 1. The molecule has 0 atom stereocenters. The van der Waals surface area contributed by atoms with Crippen LogP contribution in [0.3, 0.4) is 0 Å². The van der Waals surface area contributed by atoms with E-state index in [-0.39, 0.29) is 5.82 Å². The van der Waals surface area contributed by atoms with Crippen molar-refractivity contribution in [2.45, 2.75) is 0 Å². The van der Waals surface area contributed by atoms with Crippen molar-refractivity contribution in [3.63, 3.8) is 0 Å². The van der Waals surface area contributed by atoms with Crippen molar-refractivity contribution in [2.75, 3.05) is 0 Å². The third-order valence-electron chi connectivity index (χ3n) is 2.57. The fourth-order valence-corrected chi connectivity index (χ4v) is 2.19. The number of fused-ring (bicyclic) bond motifs is 1. The van der Waals surface area contributed by atoms with E-state index >= 15 is 0 Å². The molecule has 0 unspecified atom stereocenters. The van der Waals surface area contributed by atoms with Gasteiger partial charge in [-0.15, -0.1) is 0 Å². The molecule has 1 aromatic heterocycles. The maximum atomic E-state index is 13.2. The molecule has 0 amide bonds. The topological polar surface area (TPSA) is 28.7 Å². The molecule has 0 aliphatic heterocycles. The van der Waals surface area contributed by atoms with E-state index in [1.54, 1.807) is 6.07 Å². The molecule has 1 heterocycles. The lowest BCUT2D eigenvalue weighted by Crippen LogP contribution is -1.84. The number of H-pyrrole nitrogens is 1. The van der Waals surface area contributed by atoms with Crippen molar-refractivity contribution in [1.82, 2.24) is 9.97 Å². The van der Waals surface area contributed by atoms with E-state index < -0.39 is 0 Å². The van der Waals surface area contributed by atoms with E-state index in [0.717, 1.165) is 21.1 Å². The van der Waals surface area contributed by atoms with Crippen molar-refractivity contribution in [3.8, 4) is 11.4 Å². The van der Waals surface area contributed by atoms with Gasteiger partial charge in [0, 0.05) is 10.0 Å². The molecule has 0 radical (unpaired) electrons. The van der Waals surface area contributed by atoms with Crippen LogP contribution >= 0.6 is 15.9 Å². The number of aromatic amines is 1. The van der Waals surface area contributed by atoms with Crippen molar-refractivity contribution in [3.05, 3.63) is 52.8 Å². The molecule has 0 spiro atoms. The van der Waals surface area contributed by atoms with E-state index in [4.69, 9.17) is 0 Å². The summed E-state index contributed by atoms with van der Waals surface area (Å²) in [6, 6.07) is 12.3. The number of halogens is 2. The Morgan fingerprint density at radius 3 is 2.76 bits per heavy atom. The van der Waals surface area contributed by atoms with Gasteiger partial charge in [0.1, 0.15) is 11.6 Å². The van der Waals surface area contributed by atoms with Gasteiger partial charge >= 0.3 is 0 Å². The van der Waals surface area contributed by atoms with Gasteiger partial charge < -0.3 is 4.98 Å². The summed E-state index contributed by atoms with van der Waals surface area (Å²) >= 11 is 3.40. The normalized spacial score (nSPS) is 10.9. The predicted molar refractivity (Wildman–Crippen MR) is 69.2 cm³/mol. The lowest BCUT2D eigenvalue weighted by Gasteiger charge is -2.00. The van der Waals surface area contributed by atoms with E-state index in [0.29, 0.717) is 5.82 Å². The molecule has 0 bridgehead atoms. The predicted octanol–water partition coefficient (Wildman–Crippen LogP) is 4.13. The van der Waals surface area contributed by atoms with Crippen LogP contribution in [0.5, 0.6) is 0 Å². The number of rotatable bonds is 1. The summed E-state index contributed by atoms with van der Waals surface area (Å²) in [7, 11) is 0. The second-order valence-electron chi connectivity index (χ2n) is 3.73. The fourth-order valence-electron chi connectivity index (χ4n) is 1.76. The van der Waals surface area contributed by atoms with Crippen molar-refractivity contribution in [2.24, 2.45) is 0 Å². The minimum Gasteiger partial charge on any atom is -0.338 e. The molecule has 2 nitrogen and oxygen atoms in total. The molecular formula is C13H8BrFN2. The Bertz CT molecular complexity index is 658. The minimum absolute atomic E-state index is 0.274.